The highest BCUT2D eigenvalue weighted by atomic mass is 35.5. The van der Waals surface area contributed by atoms with Crippen LogP contribution in [0.2, 0.25) is 5.02 Å². The lowest BCUT2D eigenvalue weighted by atomic mass is 10.3. The standard InChI is InChI=1S/C14H17ClFN3O3/c1-2-22-14(21)19-7-5-18(6-8-19)13(20)17-10-3-4-12(16)11(15)9-10/h3-4,9H,2,5-8H2,1H3,(H,17,20). The van der Waals surface area contributed by atoms with Crippen molar-refractivity contribution in [2.75, 3.05) is 38.1 Å². The second kappa shape index (κ2) is 7.31. The number of nitrogens with zero attached hydrogens (tertiary/aromatic N) is 2. The third-order valence-electron chi connectivity index (χ3n) is 3.26. The van der Waals surface area contributed by atoms with Crippen LogP contribution in [0.15, 0.2) is 18.2 Å². The van der Waals surface area contributed by atoms with E-state index in [1.807, 2.05) is 0 Å². The van der Waals surface area contributed by atoms with Gasteiger partial charge in [0.25, 0.3) is 0 Å². The van der Waals surface area contributed by atoms with Crippen LogP contribution in [0.1, 0.15) is 6.92 Å². The topological polar surface area (TPSA) is 61.9 Å². The number of halogens is 2. The maximum absolute atomic E-state index is 13.1. The molecule has 1 N–H and O–H groups in total. The van der Waals surface area contributed by atoms with Crippen molar-refractivity contribution >= 4 is 29.4 Å². The van der Waals surface area contributed by atoms with Crippen molar-refractivity contribution in [1.29, 1.82) is 0 Å². The van der Waals surface area contributed by atoms with E-state index in [4.69, 9.17) is 16.3 Å². The van der Waals surface area contributed by atoms with E-state index in [0.29, 0.717) is 38.5 Å². The van der Waals surface area contributed by atoms with Crippen molar-refractivity contribution in [3.05, 3.63) is 29.0 Å². The number of amides is 3. The highest BCUT2D eigenvalue weighted by Gasteiger charge is 2.24. The summed E-state index contributed by atoms with van der Waals surface area (Å²) in [7, 11) is 0. The molecule has 0 bridgehead atoms. The number of benzene rings is 1. The lowest BCUT2D eigenvalue weighted by molar-refractivity contribution is 0.0868. The van der Waals surface area contributed by atoms with Gasteiger partial charge >= 0.3 is 12.1 Å². The third-order valence-corrected chi connectivity index (χ3v) is 3.55. The molecule has 0 unspecified atom stereocenters. The third kappa shape index (κ3) is 4.00. The van der Waals surface area contributed by atoms with Crippen molar-refractivity contribution in [1.82, 2.24) is 9.80 Å². The molecule has 1 fully saturated rings. The molecule has 0 saturated carbocycles. The number of anilines is 1. The zero-order valence-corrected chi connectivity index (χ0v) is 12.9. The zero-order chi connectivity index (χ0) is 16.1. The lowest BCUT2D eigenvalue weighted by Gasteiger charge is -2.34. The summed E-state index contributed by atoms with van der Waals surface area (Å²) in [6.45, 7) is 3.70. The Morgan fingerprint density at radius 3 is 2.50 bits per heavy atom. The van der Waals surface area contributed by atoms with Gasteiger partial charge in [0.2, 0.25) is 0 Å². The molecule has 0 radical (unpaired) electrons. The van der Waals surface area contributed by atoms with Crippen molar-refractivity contribution in [3.63, 3.8) is 0 Å². The molecular weight excluding hydrogens is 313 g/mol. The Kier molecular flexibility index (Phi) is 5.43. The summed E-state index contributed by atoms with van der Waals surface area (Å²) < 4.78 is 18.0. The quantitative estimate of drug-likeness (QED) is 0.907. The maximum Gasteiger partial charge on any atom is 0.409 e. The van der Waals surface area contributed by atoms with Crippen LogP contribution in [-0.4, -0.2) is 54.7 Å². The summed E-state index contributed by atoms with van der Waals surface area (Å²) in [4.78, 5) is 26.8. The van der Waals surface area contributed by atoms with Crippen LogP contribution in [0.25, 0.3) is 0 Å². The zero-order valence-electron chi connectivity index (χ0n) is 12.1. The van der Waals surface area contributed by atoms with E-state index in [1.165, 1.54) is 18.2 Å². The van der Waals surface area contributed by atoms with Gasteiger partial charge in [0.15, 0.2) is 0 Å². The first-order chi connectivity index (χ1) is 10.5. The molecule has 1 aliphatic rings. The van der Waals surface area contributed by atoms with Crippen LogP contribution in [0, 0.1) is 5.82 Å². The molecule has 1 aromatic carbocycles. The molecule has 0 aromatic heterocycles. The van der Waals surface area contributed by atoms with Gasteiger partial charge in [-0.1, -0.05) is 11.6 Å². The molecular formula is C14H17ClFN3O3. The van der Waals surface area contributed by atoms with Gasteiger partial charge in [0, 0.05) is 31.9 Å². The minimum absolute atomic E-state index is 0.0510. The fourth-order valence-electron chi connectivity index (χ4n) is 2.08. The Labute approximate surface area is 132 Å². The Bertz CT molecular complexity index is 562. The average Bonchev–Trinajstić information content (AvgIpc) is 2.51. The highest BCUT2D eigenvalue weighted by Crippen LogP contribution is 2.19. The summed E-state index contributed by atoms with van der Waals surface area (Å²) >= 11 is 5.67. The molecule has 120 valence electrons. The van der Waals surface area contributed by atoms with E-state index < -0.39 is 5.82 Å². The molecule has 1 saturated heterocycles. The Morgan fingerprint density at radius 2 is 1.91 bits per heavy atom. The number of carbonyl (C=O) groups excluding carboxylic acids is 2. The number of nitrogens with one attached hydrogen (secondary N) is 1. The SMILES string of the molecule is CCOC(=O)N1CCN(C(=O)Nc2ccc(F)c(Cl)c2)CC1. The summed E-state index contributed by atoms with van der Waals surface area (Å²) in [6.07, 6.45) is -0.368. The van der Waals surface area contributed by atoms with Gasteiger partial charge < -0.3 is 19.9 Å². The predicted molar refractivity (Wildman–Crippen MR) is 80.6 cm³/mol. The van der Waals surface area contributed by atoms with E-state index in [2.05, 4.69) is 5.32 Å². The molecule has 2 rings (SSSR count). The van der Waals surface area contributed by atoms with Gasteiger partial charge in [-0.05, 0) is 25.1 Å². The van der Waals surface area contributed by atoms with Crippen LogP contribution in [-0.2, 0) is 4.74 Å². The number of rotatable bonds is 2. The molecule has 1 aliphatic heterocycles. The molecule has 1 aromatic rings. The monoisotopic (exact) mass is 329 g/mol. The van der Waals surface area contributed by atoms with E-state index in [-0.39, 0.29) is 17.1 Å². The number of urea groups is 1. The minimum Gasteiger partial charge on any atom is -0.450 e. The Balaban J connectivity index is 1.87. The number of hydrogen-bond acceptors (Lipinski definition) is 3. The number of carbonyl (C=O) groups is 2. The molecule has 22 heavy (non-hydrogen) atoms. The second-order valence-electron chi connectivity index (χ2n) is 4.73. The largest absolute Gasteiger partial charge is 0.450 e. The fraction of sp³-hybridized carbons (Fsp3) is 0.429. The van der Waals surface area contributed by atoms with Crippen LogP contribution >= 0.6 is 11.6 Å². The Hall–Kier alpha value is -2.02. The van der Waals surface area contributed by atoms with Gasteiger partial charge in [0.1, 0.15) is 5.82 Å². The van der Waals surface area contributed by atoms with Gasteiger partial charge in [-0.15, -0.1) is 0 Å². The average molecular weight is 330 g/mol. The van der Waals surface area contributed by atoms with Crippen molar-refractivity contribution in [2.45, 2.75) is 6.92 Å². The van der Waals surface area contributed by atoms with Gasteiger partial charge in [0.05, 0.1) is 11.6 Å². The summed E-state index contributed by atoms with van der Waals surface area (Å²) in [5, 5.41) is 2.60. The summed E-state index contributed by atoms with van der Waals surface area (Å²) in [6, 6.07) is 3.67. The first kappa shape index (κ1) is 16.4. The maximum atomic E-state index is 13.1. The van der Waals surface area contributed by atoms with Crippen molar-refractivity contribution in [2.24, 2.45) is 0 Å². The van der Waals surface area contributed by atoms with Gasteiger partial charge in [-0.2, -0.15) is 0 Å². The van der Waals surface area contributed by atoms with Crippen LogP contribution in [0.5, 0.6) is 0 Å². The van der Waals surface area contributed by atoms with Crippen molar-refractivity contribution in [3.8, 4) is 0 Å². The summed E-state index contributed by atoms with van der Waals surface area (Å²) in [5.74, 6) is -0.539. The predicted octanol–water partition coefficient (Wildman–Crippen LogP) is 2.79. The lowest BCUT2D eigenvalue weighted by Crippen LogP contribution is -2.51. The van der Waals surface area contributed by atoms with E-state index in [9.17, 15) is 14.0 Å². The van der Waals surface area contributed by atoms with Crippen LogP contribution in [0.4, 0.5) is 19.7 Å². The normalized spacial score (nSPS) is 14.7. The van der Waals surface area contributed by atoms with E-state index in [1.54, 1.807) is 16.7 Å². The highest BCUT2D eigenvalue weighted by molar-refractivity contribution is 6.31. The molecule has 0 atom stereocenters. The summed E-state index contributed by atoms with van der Waals surface area (Å²) in [5.41, 5.74) is 0.421. The van der Waals surface area contributed by atoms with E-state index >= 15 is 0 Å². The number of hydrogen-bond donors (Lipinski definition) is 1. The first-order valence-electron chi connectivity index (χ1n) is 6.94. The molecule has 0 spiro atoms. The van der Waals surface area contributed by atoms with Crippen LogP contribution in [0.3, 0.4) is 0 Å². The number of piperazine rings is 1. The van der Waals surface area contributed by atoms with Crippen molar-refractivity contribution < 1.29 is 18.7 Å². The van der Waals surface area contributed by atoms with Gasteiger partial charge in [-0.3, -0.25) is 0 Å². The first-order valence-corrected chi connectivity index (χ1v) is 7.31. The molecule has 1 heterocycles. The molecule has 0 aliphatic carbocycles. The Morgan fingerprint density at radius 1 is 1.27 bits per heavy atom. The van der Waals surface area contributed by atoms with E-state index in [0.717, 1.165) is 0 Å². The number of ether oxygens (including phenoxy) is 1. The molecule has 8 heteroatoms. The molecule has 3 amide bonds. The van der Waals surface area contributed by atoms with Crippen LogP contribution < -0.4 is 5.32 Å². The minimum atomic E-state index is -0.539. The fourth-order valence-corrected chi connectivity index (χ4v) is 2.26. The molecule has 6 nitrogen and oxygen atoms in total. The van der Waals surface area contributed by atoms with Gasteiger partial charge in [-0.25, -0.2) is 14.0 Å². The smallest absolute Gasteiger partial charge is 0.409 e. The second-order valence-corrected chi connectivity index (χ2v) is 5.14.